The van der Waals surface area contributed by atoms with E-state index in [1.54, 1.807) is 0 Å². The molecule has 3 saturated carbocycles. The lowest BCUT2D eigenvalue weighted by atomic mass is 9.64. The van der Waals surface area contributed by atoms with Crippen LogP contribution in [0.25, 0.3) is 0 Å². The minimum atomic E-state index is -0.0372. The van der Waals surface area contributed by atoms with Gasteiger partial charge in [-0.25, -0.2) is 0 Å². The molecule has 0 spiro atoms. The van der Waals surface area contributed by atoms with Crippen LogP contribution < -0.4 is 5.32 Å². The van der Waals surface area contributed by atoms with Crippen LogP contribution in [0, 0.1) is 29.1 Å². The second kappa shape index (κ2) is 16.9. The van der Waals surface area contributed by atoms with E-state index in [0.29, 0.717) is 16.8 Å². The lowest BCUT2D eigenvalue weighted by molar-refractivity contribution is 0.00494. The Bertz CT molecular complexity index is 559. The third kappa shape index (κ3) is 10.3. The molecule has 0 radical (unpaired) electrons. The highest BCUT2D eigenvalue weighted by atomic mass is 35.5. The maximum absolute atomic E-state index is 9.94. The zero-order chi connectivity index (χ0) is 22.6. The van der Waals surface area contributed by atoms with E-state index in [2.05, 4.69) is 24.1 Å². The Morgan fingerprint density at radius 1 is 0.861 bits per heavy atom. The Labute approximate surface area is 227 Å². The second-order valence-electron chi connectivity index (χ2n) is 12.8. The molecule has 0 bridgehead atoms. The quantitative estimate of drug-likeness (QED) is 0.446. The summed E-state index contributed by atoms with van der Waals surface area (Å²) in [7, 11) is 0. The van der Waals surface area contributed by atoms with E-state index in [-0.39, 0.29) is 30.0 Å². The first kappa shape index (κ1) is 36.0. The first-order valence-electron chi connectivity index (χ1n) is 14.2. The average Bonchev–Trinajstić information content (AvgIpc) is 3.28. The number of hydrogen-bond donors (Lipinski definition) is 2. The lowest BCUT2D eigenvalue weighted by Gasteiger charge is -2.49. The van der Waals surface area contributed by atoms with Crippen molar-refractivity contribution in [3.63, 3.8) is 0 Å². The minimum Gasteiger partial charge on any atom is -0.412 e. The molecule has 4 aliphatic rings. The van der Waals surface area contributed by atoms with Crippen LogP contribution >= 0.6 is 11.6 Å². The fourth-order valence-corrected chi connectivity index (χ4v) is 8.11. The van der Waals surface area contributed by atoms with Gasteiger partial charge in [-0.3, -0.25) is 0 Å². The largest absolute Gasteiger partial charge is 0.412 e. The molecule has 3 aliphatic carbocycles. The Balaban J connectivity index is 0.00000306. The number of aliphatic hydroxyl groups is 1. The number of aliphatic hydroxyl groups excluding tert-OH is 1. The second-order valence-corrected chi connectivity index (χ2v) is 13.4. The molecule has 6 nitrogen and oxygen atoms in total. The van der Waals surface area contributed by atoms with E-state index in [9.17, 15) is 5.11 Å². The molecule has 0 aromatic carbocycles. The van der Waals surface area contributed by atoms with E-state index >= 15 is 0 Å². The van der Waals surface area contributed by atoms with E-state index in [4.69, 9.17) is 11.6 Å². The number of likely N-dealkylation sites (tertiary alicyclic amines) is 1. The summed E-state index contributed by atoms with van der Waals surface area (Å²) in [5.74, 6) is 3.47. The fourth-order valence-electron chi connectivity index (χ4n) is 7.86. The molecule has 4 rings (SSSR count). The normalized spacial score (nSPS) is 33.8. The summed E-state index contributed by atoms with van der Waals surface area (Å²) in [6.45, 7) is 10.1. The summed E-state index contributed by atoms with van der Waals surface area (Å²) in [6.07, 6.45) is 18.0. The predicted octanol–water partition coefficient (Wildman–Crippen LogP) is 4.38. The van der Waals surface area contributed by atoms with Crippen LogP contribution in [0.2, 0.25) is 0 Å². The van der Waals surface area contributed by atoms with Crippen LogP contribution in [-0.4, -0.2) is 70.1 Å². The summed E-state index contributed by atoms with van der Waals surface area (Å²) < 4.78 is 0. The van der Waals surface area contributed by atoms with Gasteiger partial charge in [0.2, 0.25) is 0 Å². The van der Waals surface area contributed by atoms with Crippen molar-refractivity contribution in [1.82, 2.24) is 10.2 Å². The van der Waals surface area contributed by atoms with Crippen molar-refractivity contribution in [2.45, 2.75) is 129 Å². The summed E-state index contributed by atoms with van der Waals surface area (Å²) in [4.78, 5) is 2.80. The zero-order valence-electron chi connectivity index (χ0n) is 22.5. The maximum atomic E-state index is 9.94. The van der Waals surface area contributed by atoms with Crippen LogP contribution in [-0.2, 0) is 0 Å². The van der Waals surface area contributed by atoms with Gasteiger partial charge in [-0.1, -0.05) is 34.1 Å². The maximum Gasteiger partial charge on any atom is 0.0540 e. The van der Waals surface area contributed by atoms with Crippen LogP contribution in [0.15, 0.2) is 0 Å². The van der Waals surface area contributed by atoms with Crippen molar-refractivity contribution >= 4 is 11.6 Å². The molecule has 1 saturated heterocycles. The van der Waals surface area contributed by atoms with Crippen molar-refractivity contribution in [3.05, 3.63) is 0 Å². The van der Waals surface area contributed by atoms with E-state index < -0.39 is 0 Å². The van der Waals surface area contributed by atoms with Crippen molar-refractivity contribution in [3.8, 4) is 0 Å². The first-order chi connectivity index (χ1) is 15.4. The highest BCUT2D eigenvalue weighted by Crippen LogP contribution is 2.45. The molecule has 218 valence electrons. The van der Waals surface area contributed by atoms with Gasteiger partial charge < -0.3 is 31.8 Å². The number of nitrogens with zero attached hydrogens (tertiary/aromatic N) is 1. The van der Waals surface area contributed by atoms with E-state index in [1.807, 2.05) is 0 Å². The molecule has 36 heavy (non-hydrogen) atoms. The van der Waals surface area contributed by atoms with Gasteiger partial charge in [-0.2, -0.15) is 0 Å². The Morgan fingerprint density at radius 2 is 1.47 bits per heavy atom. The number of alkyl halides is 1. The number of piperidine rings is 1. The average molecular weight is 537 g/mol. The molecular formula is C29H61ClN2O4. The van der Waals surface area contributed by atoms with Crippen LogP contribution in [0.5, 0.6) is 0 Å². The van der Waals surface area contributed by atoms with Gasteiger partial charge in [-0.15, -0.1) is 11.6 Å². The van der Waals surface area contributed by atoms with Crippen LogP contribution in [0.1, 0.15) is 111 Å². The number of hydrogen-bond acceptors (Lipinski definition) is 3. The van der Waals surface area contributed by atoms with Crippen molar-refractivity contribution in [1.29, 1.82) is 0 Å². The lowest BCUT2D eigenvalue weighted by Crippen LogP contribution is -2.52. The zero-order valence-corrected chi connectivity index (χ0v) is 23.3. The highest BCUT2D eigenvalue weighted by molar-refractivity contribution is 6.20. The highest BCUT2D eigenvalue weighted by Gasteiger charge is 2.41. The number of halogens is 1. The van der Waals surface area contributed by atoms with Crippen molar-refractivity contribution < 1.29 is 21.5 Å². The topological polar surface area (TPSA) is 130 Å². The SMILES string of the molecule is C.CC1(C)CN(C[C@@H](CC2CCC(O)CC2)NCC2CCCC2)CCC1C1CCC(Cl)CC1.O.O.O. The molecule has 1 aliphatic heterocycles. The number of rotatable bonds is 8. The summed E-state index contributed by atoms with van der Waals surface area (Å²) >= 11 is 6.41. The van der Waals surface area contributed by atoms with Gasteiger partial charge >= 0.3 is 0 Å². The van der Waals surface area contributed by atoms with Gasteiger partial charge in [0.25, 0.3) is 0 Å². The summed E-state index contributed by atoms with van der Waals surface area (Å²) in [5, 5.41) is 14.4. The van der Waals surface area contributed by atoms with Gasteiger partial charge in [-0.05, 0) is 119 Å². The fraction of sp³-hybridized carbons (Fsp3) is 1.00. The summed E-state index contributed by atoms with van der Waals surface area (Å²) in [6, 6.07) is 0.620. The first-order valence-corrected chi connectivity index (χ1v) is 14.6. The van der Waals surface area contributed by atoms with Crippen molar-refractivity contribution in [2.75, 3.05) is 26.2 Å². The van der Waals surface area contributed by atoms with E-state index in [1.165, 1.54) is 103 Å². The molecule has 8 N–H and O–H groups in total. The standard InChI is InChI=1S/C28H51ClN2O.CH4.3H2O/c1-28(2)20-31(16-15-27(28)23-9-11-24(29)12-10-23)19-25(30-18-22-5-3-4-6-22)17-21-7-13-26(32)14-8-21;;;;/h21-27,30,32H,3-20H2,1-2H3;1H4;3*1H2/t21?,23?,24?,25-,26?,27?;;;;/m1..../s1. The van der Waals surface area contributed by atoms with Gasteiger partial charge in [0, 0.05) is 24.5 Å². The molecule has 1 heterocycles. The smallest absolute Gasteiger partial charge is 0.0540 e. The molecule has 4 fully saturated rings. The van der Waals surface area contributed by atoms with E-state index in [0.717, 1.165) is 36.5 Å². The molecule has 0 aromatic rings. The Hall–Kier alpha value is 0.0500. The molecular weight excluding hydrogens is 476 g/mol. The Kier molecular flexibility index (Phi) is 16.9. The molecule has 7 heteroatoms. The van der Waals surface area contributed by atoms with Crippen LogP contribution in [0.3, 0.4) is 0 Å². The summed E-state index contributed by atoms with van der Waals surface area (Å²) in [5.41, 5.74) is 0.410. The van der Waals surface area contributed by atoms with Gasteiger partial charge in [0.05, 0.1) is 6.10 Å². The number of nitrogens with one attached hydrogen (secondary N) is 1. The van der Waals surface area contributed by atoms with Crippen molar-refractivity contribution in [2.24, 2.45) is 29.1 Å². The third-order valence-electron chi connectivity index (χ3n) is 9.74. The molecule has 0 aromatic heterocycles. The third-order valence-corrected chi connectivity index (χ3v) is 10.2. The Morgan fingerprint density at radius 3 is 2.06 bits per heavy atom. The monoisotopic (exact) mass is 536 g/mol. The van der Waals surface area contributed by atoms with Gasteiger partial charge in [0.1, 0.15) is 0 Å². The predicted molar refractivity (Wildman–Crippen MR) is 154 cm³/mol. The van der Waals surface area contributed by atoms with Gasteiger partial charge in [0.15, 0.2) is 0 Å². The molecule has 2 atom stereocenters. The molecule has 1 unspecified atom stereocenters. The minimum absolute atomic E-state index is 0. The molecule has 0 amide bonds. The van der Waals surface area contributed by atoms with Crippen LogP contribution in [0.4, 0.5) is 0 Å².